The summed E-state index contributed by atoms with van der Waals surface area (Å²) in [7, 11) is 0. The molecule has 0 spiro atoms. The summed E-state index contributed by atoms with van der Waals surface area (Å²) in [4.78, 5) is 15.6. The van der Waals surface area contributed by atoms with Crippen LogP contribution >= 0.6 is 0 Å². The van der Waals surface area contributed by atoms with Gasteiger partial charge in [0.1, 0.15) is 12.7 Å². The van der Waals surface area contributed by atoms with Crippen molar-refractivity contribution >= 4 is 11.8 Å². The van der Waals surface area contributed by atoms with Crippen LogP contribution in [-0.2, 0) is 4.79 Å². The minimum atomic E-state index is -0.811. The summed E-state index contributed by atoms with van der Waals surface area (Å²) in [5.74, 6) is 0.127. The second-order valence-electron chi connectivity index (χ2n) is 6.86. The third-order valence-corrected chi connectivity index (χ3v) is 4.70. The Hall–Kier alpha value is -1.46. The highest BCUT2D eigenvalue weighted by Crippen LogP contribution is 2.20. The number of hydrogen-bond acceptors (Lipinski definition) is 3. The Morgan fingerprint density at radius 1 is 1.16 bits per heavy atom. The van der Waals surface area contributed by atoms with Gasteiger partial charge in [-0.05, 0) is 32.1 Å². The third kappa shape index (κ3) is 8.45. The van der Waals surface area contributed by atoms with Crippen LogP contribution < -0.4 is 5.73 Å². The van der Waals surface area contributed by atoms with Crippen molar-refractivity contribution in [3.63, 3.8) is 0 Å². The van der Waals surface area contributed by atoms with Crippen molar-refractivity contribution < 1.29 is 14.4 Å². The fourth-order valence-electron chi connectivity index (χ4n) is 3.28. The number of nitrogens with two attached hydrogens (primary N) is 1. The van der Waals surface area contributed by atoms with E-state index in [1.54, 1.807) is 6.20 Å². The molecule has 5 heteroatoms. The van der Waals surface area contributed by atoms with Crippen LogP contribution in [0, 0.1) is 0 Å². The molecule has 0 saturated carbocycles. The molecule has 0 aromatic rings. The van der Waals surface area contributed by atoms with Crippen molar-refractivity contribution in [3.05, 3.63) is 24.6 Å². The zero-order valence-electron chi connectivity index (χ0n) is 15.8. The molecule has 0 saturated heterocycles. The largest absolute Gasteiger partial charge is 0.477 e. The van der Waals surface area contributed by atoms with Crippen LogP contribution in [0.3, 0.4) is 0 Å². The van der Waals surface area contributed by atoms with Gasteiger partial charge in [-0.2, -0.15) is 0 Å². The molecule has 142 valence electrons. The van der Waals surface area contributed by atoms with Gasteiger partial charge in [-0.25, -0.2) is 14.3 Å². The Morgan fingerprint density at radius 3 is 2.48 bits per heavy atom. The van der Waals surface area contributed by atoms with Crippen LogP contribution in [0.5, 0.6) is 0 Å². The molecule has 3 N–H and O–H groups in total. The van der Waals surface area contributed by atoms with Crippen molar-refractivity contribution in [3.8, 4) is 0 Å². The summed E-state index contributed by atoms with van der Waals surface area (Å²) >= 11 is 0. The van der Waals surface area contributed by atoms with Crippen molar-refractivity contribution in [2.75, 3.05) is 19.6 Å². The standard InChI is InChI=1S/C20H35N3O2/c1-2-3-4-5-6-7-8-9-10-11-12-13-19-22-15-17-23(19,16-14-21)18-20(24)25/h8-9,15,17H,2-7,10-14,16,18,21H2,1H3/p+1/b9-8+. The molecule has 25 heavy (non-hydrogen) atoms. The number of carboxylic acid groups (broad SMARTS) is 1. The van der Waals surface area contributed by atoms with E-state index >= 15 is 0 Å². The van der Waals surface area contributed by atoms with Crippen molar-refractivity contribution in [2.24, 2.45) is 10.7 Å². The van der Waals surface area contributed by atoms with Gasteiger partial charge in [-0.1, -0.05) is 44.8 Å². The number of unbranched alkanes of at least 4 members (excludes halogenated alkanes) is 7. The molecule has 1 aliphatic heterocycles. The fraction of sp³-hybridized carbons (Fsp3) is 0.700. The predicted octanol–water partition coefficient (Wildman–Crippen LogP) is 4.21. The van der Waals surface area contributed by atoms with Gasteiger partial charge in [0, 0.05) is 13.0 Å². The zero-order chi connectivity index (χ0) is 18.4. The Bertz CT molecular complexity index is 472. The van der Waals surface area contributed by atoms with Crippen LogP contribution in [-0.4, -0.2) is 41.0 Å². The number of aliphatic carboxylic acids is 1. The second-order valence-corrected chi connectivity index (χ2v) is 6.86. The lowest BCUT2D eigenvalue weighted by atomic mass is 10.1. The molecule has 0 aliphatic carbocycles. The zero-order valence-corrected chi connectivity index (χ0v) is 15.8. The fourth-order valence-corrected chi connectivity index (χ4v) is 3.28. The van der Waals surface area contributed by atoms with E-state index in [9.17, 15) is 9.90 Å². The highest BCUT2D eigenvalue weighted by Gasteiger charge is 2.36. The molecule has 1 heterocycles. The number of allylic oxidation sites excluding steroid dienone is 2. The summed E-state index contributed by atoms with van der Waals surface area (Å²) in [6.45, 7) is 3.33. The van der Waals surface area contributed by atoms with E-state index < -0.39 is 5.97 Å². The maximum Gasteiger partial charge on any atom is 0.360 e. The smallest absolute Gasteiger partial charge is 0.360 e. The summed E-state index contributed by atoms with van der Waals surface area (Å²) in [5.41, 5.74) is 5.69. The second kappa shape index (κ2) is 12.8. The van der Waals surface area contributed by atoms with Gasteiger partial charge in [0.15, 0.2) is 6.54 Å². The SMILES string of the molecule is CCCCCCC/C=C/CCCCC1=NC=C[N+]1(CCN)CC(=O)O. The first kappa shape index (κ1) is 21.6. The molecule has 0 aromatic heterocycles. The van der Waals surface area contributed by atoms with E-state index in [1.807, 2.05) is 6.20 Å². The van der Waals surface area contributed by atoms with E-state index in [4.69, 9.17) is 5.73 Å². The molecule has 0 radical (unpaired) electrons. The topological polar surface area (TPSA) is 75.7 Å². The number of rotatable bonds is 15. The Morgan fingerprint density at radius 2 is 1.84 bits per heavy atom. The lowest BCUT2D eigenvalue weighted by Gasteiger charge is -2.30. The monoisotopic (exact) mass is 350 g/mol. The Kier molecular flexibility index (Phi) is 11.1. The minimum absolute atomic E-state index is 0.0322. The highest BCUT2D eigenvalue weighted by atomic mass is 16.4. The van der Waals surface area contributed by atoms with Crippen LogP contribution in [0.15, 0.2) is 29.5 Å². The van der Waals surface area contributed by atoms with Crippen molar-refractivity contribution in [1.29, 1.82) is 0 Å². The first-order valence-electron chi connectivity index (χ1n) is 9.83. The van der Waals surface area contributed by atoms with Gasteiger partial charge in [-0.3, -0.25) is 0 Å². The van der Waals surface area contributed by atoms with Crippen LogP contribution in [0.25, 0.3) is 0 Å². The normalized spacial score (nSPS) is 19.7. The molecule has 0 aromatic carbocycles. The third-order valence-electron chi connectivity index (χ3n) is 4.70. The first-order valence-corrected chi connectivity index (χ1v) is 9.83. The van der Waals surface area contributed by atoms with E-state index in [-0.39, 0.29) is 6.54 Å². The predicted molar refractivity (Wildman–Crippen MR) is 104 cm³/mol. The van der Waals surface area contributed by atoms with Gasteiger partial charge >= 0.3 is 5.97 Å². The molecule has 1 unspecified atom stereocenters. The highest BCUT2D eigenvalue weighted by molar-refractivity contribution is 5.81. The van der Waals surface area contributed by atoms with Gasteiger partial charge in [0.2, 0.25) is 5.84 Å². The molecule has 0 bridgehead atoms. The molecule has 1 aliphatic rings. The van der Waals surface area contributed by atoms with E-state index in [2.05, 4.69) is 24.1 Å². The van der Waals surface area contributed by atoms with E-state index in [1.165, 1.54) is 38.5 Å². The van der Waals surface area contributed by atoms with Crippen LogP contribution in [0.1, 0.15) is 71.1 Å². The number of aliphatic imine (C=N–C) groups is 1. The molecule has 0 fully saturated rings. The number of carbonyl (C=O) groups is 1. The maximum atomic E-state index is 11.2. The van der Waals surface area contributed by atoms with Gasteiger partial charge < -0.3 is 10.8 Å². The van der Waals surface area contributed by atoms with Crippen molar-refractivity contribution in [1.82, 2.24) is 0 Å². The maximum absolute atomic E-state index is 11.2. The van der Waals surface area contributed by atoms with E-state index in [0.717, 1.165) is 31.5 Å². The summed E-state index contributed by atoms with van der Waals surface area (Å²) in [6, 6.07) is 0. The molecule has 0 amide bonds. The average molecular weight is 351 g/mol. The lowest BCUT2D eigenvalue weighted by molar-refractivity contribution is -0.778. The van der Waals surface area contributed by atoms with Gasteiger partial charge in [-0.15, -0.1) is 0 Å². The van der Waals surface area contributed by atoms with Gasteiger partial charge in [0.05, 0.1) is 6.20 Å². The first-order chi connectivity index (χ1) is 12.1. The summed E-state index contributed by atoms with van der Waals surface area (Å²) < 4.78 is 0.291. The number of hydrogen-bond donors (Lipinski definition) is 2. The van der Waals surface area contributed by atoms with Crippen LogP contribution in [0.2, 0.25) is 0 Å². The molecule has 1 atom stereocenters. The molecule has 1 rings (SSSR count). The molecular formula is C20H36N3O2+. The number of quaternary nitrogens is 1. The van der Waals surface area contributed by atoms with E-state index in [0.29, 0.717) is 17.6 Å². The number of amidine groups is 1. The number of carboxylic acids is 1. The molecular weight excluding hydrogens is 314 g/mol. The van der Waals surface area contributed by atoms with Gasteiger partial charge in [0.25, 0.3) is 0 Å². The average Bonchev–Trinajstić information content (AvgIpc) is 2.94. The minimum Gasteiger partial charge on any atom is -0.477 e. The lowest BCUT2D eigenvalue weighted by Crippen LogP contribution is -2.52. The molecule has 5 nitrogen and oxygen atoms in total. The Balaban J connectivity index is 2.21. The summed E-state index contributed by atoms with van der Waals surface area (Å²) in [6.07, 6.45) is 20.1. The summed E-state index contributed by atoms with van der Waals surface area (Å²) in [5, 5.41) is 9.19. The quantitative estimate of drug-likeness (QED) is 0.264. The number of nitrogens with zero attached hydrogens (tertiary/aromatic N) is 2. The Labute approximate surface area is 152 Å². The van der Waals surface area contributed by atoms with Crippen molar-refractivity contribution in [2.45, 2.75) is 71.1 Å². The van der Waals surface area contributed by atoms with Crippen LogP contribution in [0.4, 0.5) is 0 Å².